The van der Waals surface area contributed by atoms with Crippen LogP contribution in [0.2, 0.25) is 15.9 Å². The third-order valence-corrected chi connectivity index (χ3v) is 25.9. The molecular weight excluding hydrogens is 327 g/mol. The quantitative estimate of drug-likeness (QED) is 0.501. The van der Waals surface area contributed by atoms with Crippen molar-refractivity contribution in [2.24, 2.45) is 0 Å². The summed E-state index contributed by atoms with van der Waals surface area (Å²) in [4.78, 5) is 0. The van der Waals surface area contributed by atoms with Gasteiger partial charge < -0.3 is 0 Å². The number of hydrogen-bond acceptors (Lipinski definition) is 0. The fourth-order valence-corrected chi connectivity index (χ4v) is 14.8. The van der Waals surface area contributed by atoms with E-state index in [1.54, 1.807) is 3.98 Å². The van der Waals surface area contributed by atoms with Gasteiger partial charge >= 0.3 is 76.9 Å². The van der Waals surface area contributed by atoms with Crippen LogP contribution in [0, 0.1) is 0 Å². The number of allylic oxidation sites excluding steroid dienone is 1. The Bertz CT molecular complexity index is 95.2. The fourth-order valence-electron chi connectivity index (χ4n) is 1.69. The fraction of sp³-hybridized carbons (Fsp3) is 0.800. The Morgan fingerprint density at radius 2 is 1.55 bits per heavy atom. The molecule has 0 N–H and O–H groups in total. The van der Waals surface area contributed by atoms with Gasteiger partial charge in [-0.1, -0.05) is 0 Å². The van der Waals surface area contributed by atoms with Gasteiger partial charge in [0.25, 0.3) is 0 Å². The molecule has 0 spiro atoms. The zero-order valence-electron chi connectivity index (χ0n) is 8.32. The molecule has 0 aromatic rings. The molecule has 0 saturated heterocycles. The first-order valence-corrected chi connectivity index (χ1v) is 15.8. The predicted octanol–water partition coefficient (Wildman–Crippen LogP) is 4.07. The molecule has 11 heavy (non-hydrogen) atoms. The summed E-state index contributed by atoms with van der Waals surface area (Å²) in [5.41, 5.74) is 0. The molecule has 1 heteroatoms. The van der Waals surface area contributed by atoms with Crippen LogP contribution in [0.5, 0.6) is 0 Å². The van der Waals surface area contributed by atoms with Gasteiger partial charge in [0.15, 0.2) is 0 Å². The average Bonchev–Trinajstić information content (AvgIpc) is 2.08. The first-order valence-electron chi connectivity index (χ1n) is 4.85. The molecule has 0 radical (unpaired) electrons. The monoisotopic (exact) mass is 350 g/mol. The van der Waals surface area contributed by atoms with E-state index >= 15 is 0 Å². The Balaban J connectivity index is 3.93. The van der Waals surface area contributed by atoms with Crippen molar-refractivity contribution in [1.82, 2.24) is 0 Å². The van der Waals surface area contributed by atoms with Crippen LogP contribution < -0.4 is 0 Å². The van der Waals surface area contributed by atoms with E-state index in [1.165, 1.54) is 18.4 Å². The van der Waals surface area contributed by atoms with Gasteiger partial charge in [0.1, 0.15) is 0 Å². The predicted molar refractivity (Wildman–Crippen MR) is 56.8 cm³/mol. The summed E-state index contributed by atoms with van der Waals surface area (Å²) in [6.07, 6.45) is 3.37. The maximum atomic E-state index is 3.80. The van der Waals surface area contributed by atoms with Crippen LogP contribution in [0.15, 0.2) is 12.7 Å². The van der Waals surface area contributed by atoms with Crippen molar-refractivity contribution >= 4 is 21.2 Å². The summed E-state index contributed by atoms with van der Waals surface area (Å²) in [6, 6.07) is 0. The van der Waals surface area contributed by atoms with E-state index in [1.807, 2.05) is 0 Å². The molecule has 66 valence electrons. The maximum absolute atomic E-state index is 3.80. The van der Waals surface area contributed by atoms with Gasteiger partial charge in [-0.3, -0.25) is 0 Å². The Kier molecular flexibility index (Phi) is 6.58. The van der Waals surface area contributed by atoms with Crippen LogP contribution in [-0.2, 0) is 0 Å². The summed E-state index contributed by atoms with van der Waals surface area (Å²) in [7, 11) is 0. The summed E-state index contributed by atoms with van der Waals surface area (Å²) in [5.74, 6) is 0. The van der Waals surface area contributed by atoms with E-state index in [-0.39, 0.29) is 0 Å². The Hall–Kier alpha value is 0.662. The van der Waals surface area contributed by atoms with Gasteiger partial charge in [0.05, 0.1) is 0 Å². The zero-order chi connectivity index (χ0) is 8.74. The van der Waals surface area contributed by atoms with Crippen LogP contribution >= 0.6 is 0 Å². The first-order chi connectivity index (χ1) is 5.24. The molecule has 0 heterocycles. The molecule has 0 aliphatic carbocycles. The normalized spacial score (nSPS) is 11.5. The molecule has 0 atom stereocenters. The third-order valence-electron chi connectivity index (χ3n) is 3.13. The third kappa shape index (κ3) is 3.72. The van der Waals surface area contributed by atoms with E-state index in [0.717, 1.165) is 0 Å². The molecule has 0 unspecified atom stereocenters. The molecule has 0 amide bonds. The summed E-state index contributed by atoms with van der Waals surface area (Å²) < 4.78 is 6.15. The molecule has 0 aliphatic rings. The Morgan fingerprint density at radius 3 is 1.82 bits per heavy atom. The van der Waals surface area contributed by atoms with Gasteiger partial charge in [-0.2, -0.15) is 0 Å². The van der Waals surface area contributed by atoms with Crippen LogP contribution in [0.1, 0.15) is 27.2 Å². The minimum absolute atomic E-state index is 1.27. The average molecular weight is 349 g/mol. The minimum atomic E-state index is -1.66. The summed E-state index contributed by atoms with van der Waals surface area (Å²) >= 11 is -1.66. The second-order valence-corrected chi connectivity index (χ2v) is 25.2. The first kappa shape index (κ1) is 11.7. The van der Waals surface area contributed by atoms with Crippen molar-refractivity contribution in [1.29, 1.82) is 0 Å². The van der Waals surface area contributed by atoms with E-state index in [9.17, 15) is 0 Å². The zero-order valence-corrected chi connectivity index (χ0v) is 12.2. The summed E-state index contributed by atoms with van der Waals surface area (Å²) in [6.45, 7) is 11.0. The summed E-state index contributed by atoms with van der Waals surface area (Å²) in [5, 5.41) is 0. The second-order valence-electron chi connectivity index (χ2n) is 3.39. The van der Waals surface area contributed by atoms with Crippen LogP contribution in [0.4, 0.5) is 0 Å². The van der Waals surface area contributed by atoms with Crippen molar-refractivity contribution in [2.75, 3.05) is 0 Å². The molecule has 0 saturated carbocycles. The molecule has 0 aromatic carbocycles. The van der Waals surface area contributed by atoms with Crippen LogP contribution in [-0.4, -0.2) is 21.2 Å². The molecule has 0 aromatic heterocycles. The van der Waals surface area contributed by atoms with Crippen molar-refractivity contribution in [3.63, 3.8) is 0 Å². The van der Waals surface area contributed by atoms with Gasteiger partial charge in [0, 0.05) is 0 Å². The van der Waals surface area contributed by atoms with E-state index in [0.29, 0.717) is 0 Å². The molecule has 0 nitrogen and oxygen atoms in total. The second kappa shape index (κ2) is 6.21. The van der Waals surface area contributed by atoms with Crippen LogP contribution in [0.3, 0.4) is 0 Å². The van der Waals surface area contributed by atoms with Crippen LogP contribution in [0.25, 0.3) is 0 Å². The van der Waals surface area contributed by atoms with E-state index < -0.39 is 21.2 Å². The van der Waals surface area contributed by atoms with Crippen molar-refractivity contribution in [2.45, 2.75) is 43.1 Å². The van der Waals surface area contributed by atoms with Gasteiger partial charge in [-0.15, -0.1) is 0 Å². The molecular formula is C10H22Pb. The van der Waals surface area contributed by atoms with Crippen molar-refractivity contribution in [3.8, 4) is 0 Å². The molecule has 0 aliphatic heterocycles. The molecule has 0 bridgehead atoms. The number of rotatable bonds is 6. The van der Waals surface area contributed by atoms with Crippen molar-refractivity contribution < 1.29 is 0 Å². The van der Waals surface area contributed by atoms with Gasteiger partial charge in [0.2, 0.25) is 0 Å². The topological polar surface area (TPSA) is 0 Å². The SMILES string of the molecule is C=CC[CH2][Pb]([CH2]C)([CH2]C)[CH2]C. The molecule has 0 fully saturated rings. The van der Waals surface area contributed by atoms with E-state index in [4.69, 9.17) is 0 Å². The van der Waals surface area contributed by atoms with E-state index in [2.05, 4.69) is 33.4 Å². The van der Waals surface area contributed by atoms with Gasteiger partial charge in [-0.05, 0) is 0 Å². The van der Waals surface area contributed by atoms with Gasteiger partial charge in [-0.25, -0.2) is 0 Å². The Morgan fingerprint density at radius 1 is 1.09 bits per heavy atom. The number of hydrogen-bond donors (Lipinski definition) is 0. The molecule has 0 rings (SSSR count). The Labute approximate surface area is 76.7 Å². The van der Waals surface area contributed by atoms with Crippen molar-refractivity contribution in [3.05, 3.63) is 12.7 Å². The standard InChI is InChI=1S/C4H7.3C2H5.Pb/c1-3-4-2;3*1-2;/h3H,1-2,4H2;3*1H2,2H3;.